The van der Waals surface area contributed by atoms with E-state index in [2.05, 4.69) is 5.32 Å². The quantitative estimate of drug-likeness (QED) is 0.589. The molecule has 102 valence electrons. The van der Waals surface area contributed by atoms with Crippen LogP contribution < -0.4 is 10.1 Å². The van der Waals surface area contributed by atoms with Crippen molar-refractivity contribution in [1.29, 1.82) is 0 Å². The summed E-state index contributed by atoms with van der Waals surface area (Å²) in [5, 5.41) is 3.16. The number of ether oxygens (including phenoxy) is 1. The van der Waals surface area contributed by atoms with Crippen LogP contribution in [0.3, 0.4) is 0 Å². The predicted octanol–water partition coefficient (Wildman–Crippen LogP) is 2.15. The molecule has 4 nitrogen and oxygen atoms in total. The Hall–Kier alpha value is -0.940. The highest BCUT2D eigenvalue weighted by atomic mass is 35.5. The molecule has 0 spiro atoms. The van der Waals surface area contributed by atoms with Crippen molar-refractivity contribution < 1.29 is 13.2 Å². The average Bonchev–Trinajstić information content (AvgIpc) is 2.35. The largest absolute Gasteiger partial charge is 0.497 e. The Morgan fingerprint density at radius 3 is 2.44 bits per heavy atom. The molecule has 0 fully saturated rings. The maximum atomic E-state index is 11.4. The van der Waals surface area contributed by atoms with Gasteiger partial charge in [-0.2, -0.15) is 0 Å². The molecule has 0 amide bonds. The highest BCUT2D eigenvalue weighted by Gasteiger charge is 2.08. The predicted molar refractivity (Wildman–Crippen MR) is 75.5 cm³/mol. The first-order chi connectivity index (χ1) is 8.57. The van der Waals surface area contributed by atoms with Gasteiger partial charge in [-0.05, 0) is 30.7 Å². The van der Waals surface area contributed by atoms with E-state index >= 15 is 0 Å². The van der Waals surface area contributed by atoms with Crippen molar-refractivity contribution in [3.8, 4) is 5.75 Å². The summed E-state index contributed by atoms with van der Waals surface area (Å²) in [5.41, 5.74) is 0.950. The van der Waals surface area contributed by atoms with Gasteiger partial charge in [0.05, 0.1) is 18.6 Å². The second-order valence-corrected chi connectivity index (χ2v) is 6.53. The molecule has 0 aliphatic carbocycles. The van der Waals surface area contributed by atoms with Crippen LogP contribution in [-0.4, -0.2) is 39.5 Å². The van der Waals surface area contributed by atoms with E-state index in [0.717, 1.165) is 11.4 Å². The van der Waals surface area contributed by atoms with Crippen LogP contribution in [0.4, 0.5) is 5.69 Å². The molecule has 0 aliphatic heterocycles. The standard InChI is InChI=1S/C12H18ClNO3S/c1-17-12-5-3-11(4-6-12)14-8-2-9-18(15,16)10-7-13/h3-6,14H,2,7-10H2,1H3. The highest BCUT2D eigenvalue weighted by molar-refractivity contribution is 7.91. The van der Waals surface area contributed by atoms with E-state index in [0.29, 0.717) is 13.0 Å². The zero-order chi connectivity index (χ0) is 13.4. The van der Waals surface area contributed by atoms with Crippen LogP contribution in [0, 0.1) is 0 Å². The van der Waals surface area contributed by atoms with Gasteiger partial charge in [-0.3, -0.25) is 0 Å². The van der Waals surface area contributed by atoms with Gasteiger partial charge in [-0.1, -0.05) is 0 Å². The third kappa shape index (κ3) is 5.60. The van der Waals surface area contributed by atoms with E-state index < -0.39 is 9.84 Å². The lowest BCUT2D eigenvalue weighted by Gasteiger charge is -2.07. The number of methoxy groups -OCH3 is 1. The Morgan fingerprint density at radius 2 is 1.89 bits per heavy atom. The van der Waals surface area contributed by atoms with Crippen molar-refractivity contribution in [2.24, 2.45) is 0 Å². The number of alkyl halides is 1. The molecule has 0 unspecified atom stereocenters. The lowest BCUT2D eigenvalue weighted by atomic mass is 10.3. The van der Waals surface area contributed by atoms with E-state index in [4.69, 9.17) is 16.3 Å². The molecular formula is C12H18ClNO3S. The van der Waals surface area contributed by atoms with Crippen LogP contribution in [0.25, 0.3) is 0 Å². The van der Waals surface area contributed by atoms with Crippen LogP contribution in [-0.2, 0) is 9.84 Å². The van der Waals surface area contributed by atoms with Crippen LogP contribution in [0.5, 0.6) is 5.75 Å². The molecule has 1 aromatic rings. The fraction of sp³-hybridized carbons (Fsp3) is 0.500. The van der Waals surface area contributed by atoms with Crippen molar-refractivity contribution in [2.75, 3.05) is 36.4 Å². The molecule has 6 heteroatoms. The summed E-state index contributed by atoms with van der Waals surface area (Å²) in [4.78, 5) is 0. The van der Waals surface area contributed by atoms with Gasteiger partial charge in [0.25, 0.3) is 0 Å². The van der Waals surface area contributed by atoms with Crippen LogP contribution in [0.2, 0.25) is 0 Å². The summed E-state index contributed by atoms with van der Waals surface area (Å²) < 4.78 is 27.8. The SMILES string of the molecule is COc1ccc(NCCCS(=O)(=O)CCCl)cc1. The molecular weight excluding hydrogens is 274 g/mol. The topological polar surface area (TPSA) is 55.4 Å². The van der Waals surface area contributed by atoms with E-state index in [1.165, 1.54) is 0 Å². The molecule has 0 aliphatic rings. The van der Waals surface area contributed by atoms with Gasteiger partial charge in [0.1, 0.15) is 5.75 Å². The number of hydrogen-bond donors (Lipinski definition) is 1. The molecule has 0 aromatic heterocycles. The van der Waals surface area contributed by atoms with Gasteiger partial charge in [0.2, 0.25) is 0 Å². The molecule has 0 radical (unpaired) electrons. The van der Waals surface area contributed by atoms with Gasteiger partial charge in [0, 0.05) is 18.1 Å². The first-order valence-corrected chi connectivity index (χ1v) is 8.07. The second-order valence-electron chi connectivity index (χ2n) is 3.85. The summed E-state index contributed by atoms with van der Waals surface area (Å²) in [6.07, 6.45) is 0.575. The zero-order valence-electron chi connectivity index (χ0n) is 10.4. The molecule has 0 saturated carbocycles. The smallest absolute Gasteiger partial charge is 0.151 e. The fourth-order valence-electron chi connectivity index (χ4n) is 1.45. The number of benzene rings is 1. The maximum Gasteiger partial charge on any atom is 0.151 e. The third-order valence-corrected chi connectivity index (χ3v) is 4.59. The number of hydrogen-bond acceptors (Lipinski definition) is 4. The van der Waals surface area contributed by atoms with Crippen molar-refractivity contribution in [3.63, 3.8) is 0 Å². The normalized spacial score (nSPS) is 11.2. The Bertz CT molecular complexity index is 445. The first-order valence-electron chi connectivity index (χ1n) is 5.72. The first kappa shape index (κ1) is 15.1. The minimum atomic E-state index is -2.99. The van der Waals surface area contributed by atoms with Crippen molar-refractivity contribution >= 4 is 27.1 Å². The Morgan fingerprint density at radius 1 is 1.22 bits per heavy atom. The molecule has 0 atom stereocenters. The van der Waals surface area contributed by atoms with E-state index in [9.17, 15) is 8.42 Å². The molecule has 1 rings (SSSR count). The summed E-state index contributed by atoms with van der Waals surface area (Å²) in [6.45, 7) is 0.619. The molecule has 1 aromatic carbocycles. The third-order valence-electron chi connectivity index (χ3n) is 2.44. The minimum absolute atomic E-state index is 0.0527. The van der Waals surface area contributed by atoms with Crippen LogP contribution >= 0.6 is 11.6 Å². The lowest BCUT2D eigenvalue weighted by Crippen LogP contribution is -2.15. The van der Waals surface area contributed by atoms with Gasteiger partial charge in [-0.15, -0.1) is 11.6 Å². The van der Waals surface area contributed by atoms with Crippen molar-refractivity contribution in [3.05, 3.63) is 24.3 Å². The van der Waals surface area contributed by atoms with Gasteiger partial charge < -0.3 is 10.1 Å². The number of nitrogens with one attached hydrogen (secondary N) is 1. The summed E-state index contributed by atoms with van der Waals surface area (Å²) in [7, 11) is -1.37. The van der Waals surface area contributed by atoms with Crippen LogP contribution in [0.15, 0.2) is 24.3 Å². The molecule has 0 heterocycles. The number of sulfone groups is 1. The summed E-state index contributed by atoms with van der Waals surface area (Å²) >= 11 is 5.42. The van der Waals surface area contributed by atoms with Gasteiger partial charge in [0.15, 0.2) is 9.84 Å². The Kier molecular flexibility index (Phi) is 6.29. The van der Waals surface area contributed by atoms with Crippen molar-refractivity contribution in [1.82, 2.24) is 0 Å². The molecule has 0 saturated heterocycles. The highest BCUT2D eigenvalue weighted by Crippen LogP contribution is 2.14. The van der Waals surface area contributed by atoms with E-state index in [-0.39, 0.29) is 17.4 Å². The van der Waals surface area contributed by atoms with Gasteiger partial charge >= 0.3 is 0 Å². The number of anilines is 1. The minimum Gasteiger partial charge on any atom is -0.497 e. The summed E-state index contributed by atoms with van der Waals surface area (Å²) in [5.74, 6) is 1.18. The fourth-order valence-corrected chi connectivity index (χ4v) is 3.18. The average molecular weight is 292 g/mol. The lowest BCUT2D eigenvalue weighted by molar-refractivity contribution is 0.415. The number of rotatable bonds is 8. The second kappa shape index (κ2) is 7.48. The monoisotopic (exact) mass is 291 g/mol. The Labute approximate surface area is 113 Å². The maximum absolute atomic E-state index is 11.4. The zero-order valence-corrected chi connectivity index (χ0v) is 11.9. The van der Waals surface area contributed by atoms with E-state index in [1.807, 2.05) is 24.3 Å². The van der Waals surface area contributed by atoms with Gasteiger partial charge in [-0.25, -0.2) is 8.42 Å². The molecule has 1 N–H and O–H groups in total. The van der Waals surface area contributed by atoms with E-state index in [1.54, 1.807) is 7.11 Å². The summed E-state index contributed by atoms with van der Waals surface area (Å²) in [6, 6.07) is 7.50. The molecule has 0 bridgehead atoms. The molecule has 18 heavy (non-hydrogen) atoms. The Balaban J connectivity index is 2.29. The number of halogens is 1. The van der Waals surface area contributed by atoms with Crippen molar-refractivity contribution in [2.45, 2.75) is 6.42 Å². The van der Waals surface area contributed by atoms with Crippen LogP contribution in [0.1, 0.15) is 6.42 Å².